The molecule has 29 heavy (non-hydrogen) atoms. The predicted octanol–water partition coefficient (Wildman–Crippen LogP) is 1.13. The van der Waals surface area contributed by atoms with E-state index < -0.39 is 0 Å². The highest BCUT2D eigenvalue weighted by Crippen LogP contribution is 2.31. The van der Waals surface area contributed by atoms with Gasteiger partial charge in [-0.05, 0) is 20.8 Å². The van der Waals surface area contributed by atoms with E-state index >= 15 is 0 Å². The Morgan fingerprint density at radius 3 is 2.76 bits per heavy atom. The lowest BCUT2D eigenvalue weighted by Gasteiger charge is -2.32. The Morgan fingerprint density at radius 2 is 2.10 bits per heavy atom. The summed E-state index contributed by atoms with van der Waals surface area (Å²) in [5.41, 5.74) is 9.92. The van der Waals surface area contributed by atoms with Gasteiger partial charge in [-0.1, -0.05) is 0 Å². The molecule has 2 aromatic heterocycles. The summed E-state index contributed by atoms with van der Waals surface area (Å²) in [6.45, 7) is 6.59. The molecule has 10 nitrogen and oxygen atoms in total. The smallest absolute Gasteiger partial charge is 0.246 e. The molecule has 0 aliphatic carbocycles. The van der Waals surface area contributed by atoms with E-state index in [0.717, 1.165) is 16.8 Å². The van der Waals surface area contributed by atoms with Crippen LogP contribution in [0.25, 0.3) is 0 Å². The Bertz CT molecular complexity index is 976. The van der Waals surface area contributed by atoms with Crippen LogP contribution < -0.4 is 21.3 Å². The second-order valence-corrected chi connectivity index (χ2v) is 7.09. The van der Waals surface area contributed by atoms with E-state index in [1.807, 2.05) is 46.0 Å². The molecule has 154 valence electrons. The number of carbonyl (C=O) groups excluding carboxylic acids is 1. The molecule has 3 rings (SSSR count). The zero-order valence-corrected chi connectivity index (χ0v) is 17.4. The predicted molar refractivity (Wildman–Crippen MR) is 114 cm³/mol. The van der Waals surface area contributed by atoms with E-state index in [0.29, 0.717) is 36.2 Å². The van der Waals surface area contributed by atoms with Crippen LogP contribution in [-0.2, 0) is 18.4 Å². The molecule has 2 aromatic rings. The maximum Gasteiger partial charge on any atom is 0.246 e. The number of nitrogens with two attached hydrogens (primary N) is 1. The second kappa shape index (κ2) is 8.29. The van der Waals surface area contributed by atoms with Crippen molar-refractivity contribution in [2.24, 2.45) is 17.8 Å². The first-order valence-corrected chi connectivity index (χ1v) is 9.36. The van der Waals surface area contributed by atoms with Gasteiger partial charge in [0, 0.05) is 50.4 Å². The van der Waals surface area contributed by atoms with E-state index in [-0.39, 0.29) is 11.9 Å². The summed E-state index contributed by atoms with van der Waals surface area (Å²) < 4.78 is 1.78. The molecule has 0 bridgehead atoms. The average Bonchev–Trinajstić information content (AvgIpc) is 3.00. The maximum atomic E-state index is 12.0. The molecule has 1 aliphatic heterocycles. The molecule has 1 aliphatic rings. The third kappa shape index (κ3) is 4.36. The Balaban J connectivity index is 1.67. The maximum absolute atomic E-state index is 12.0. The Hall–Kier alpha value is -3.43. The molecule has 1 amide bonds. The summed E-state index contributed by atoms with van der Waals surface area (Å²) in [5.74, 6) is 1.08. The molecule has 0 radical (unpaired) electrons. The van der Waals surface area contributed by atoms with Crippen LogP contribution in [0.5, 0.6) is 0 Å². The van der Waals surface area contributed by atoms with E-state index in [1.165, 1.54) is 6.20 Å². The number of aliphatic imine (C=N–C) groups is 1. The fraction of sp³-hybridized carbons (Fsp3) is 0.421. The van der Waals surface area contributed by atoms with Crippen molar-refractivity contribution in [3.05, 3.63) is 34.9 Å². The van der Waals surface area contributed by atoms with Crippen LogP contribution in [0.2, 0.25) is 0 Å². The molecule has 0 saturated heterocycles. The lowest BCUT2D eigenvalue weighted by molar-refractivity contribution is -0.117. The minimum Gasteiger partial charge on any atom is -0.404 e. The first-order valence-electron chi connectivity index (χ1n) is 9.36. The van der Waals surface area contributed by atoms with Gasteiger partial charge in [0.25, 0.3) is 0 Å². The molecular formula is C19H27N9O. The number of likely N-dealkylation sites (N-methyl/N-ethyl adjacent to an activating group) is 1. The number of hydrogen-bond donors (Lipinski definition) is 3. The van der Waals surface area contributed by atoms with Crippen LogP contribution in [0, 0.1) is 13.8 Å². The van der Waals surface area contributed by atoms with Crippen LogP contribution in [0.15, 0.2) is 23.0 Å². The molecule has 0 saturated carbocycles. The fourth-order valence-corrected chi connectivity index (χ4v) is 3.02. The molecule has 10 heteroatoms. The highest BCUT2D eigenvalue weighted by molar-refractivity contribution is 6.03. The molecule has 0 fully saturated rings. The second-order valence-electron chi connectivity index (χ2n) is 7.09. The standard InChI is InChI=1S/C19H27N9O/c1-11-15(10-27(4)26-11)9-21-7-14(6-20)8-22-19-23-12(2)16-17(25-19)28(5)13(3)18(29)24-16/h6-7,10,13H,8-9,20H2,1-5H3,(H,24,29)(H,22,23,25)/t13-/m0/s1. The third-order valence-corrected chi connectivity index (χ3v) is 4.91. The van der Waals surface area contributed by atoms with Gasteiger partial charge in [-0.15, -0.1) is 0 Å². The molecule has 0 spiro atoms. The molecule has 4 N–H and O–H groups in total. The van der Waals surface area contributed by atoms with E-state index in [9.17, 15) is 4.79 Å². The highest BCUT2D eigenvalue weighted by atomic mass is 16.2. The van der Waals surface area contributed by atoms with Gasteiger partial charge in [-0.25, -0.2) is 4.98 Å². The first-order chi connectivity index (χ1) is 13.8. The number of fused-ring (bicyclic) bond motifs is 1. The van der Waals surface area contributed by atoms with Crippen LogP contribution in [0.3, 0.4) is 0 Å². The Kier molecular flexibility index (Phi) is 5.81. The summed E-state index contributed by atoms with van der Waals surface area (Å²) in [5, 5.41) is 10.4. The van der Waals surface area contributed by atoms with Gasteiger partial charge >= 0.3 is 0 Å². The quantitative estimate of drug-likeness (QED) is 0.624. The number of anilines is 3. The highest BCUT2D eigenvalue weighted by Gasteiger charge is 2.30. The number of hydrogen-bond acceptors (Lipinski definition) is 8. The summed E-state index contributed by atoms with van der Waals surface area (Å²) >= 11 is 0. The fourth-order valence-electron chi connectivity index (χ4n) is 3.02. The molecule has 3 heterocycles. The number of rotatable bonds is 6. The summed E-state index contributed by atoms with van der Waals surface area (Å²) in [4.78, 5) is 27.3. The monoisotopic (exact) mass is 397 g/mol. The topological polar surface area (TPSA) is 126 Å². The van der Waals surface area contributed by atoms with Crippen molar-refractivity contribution >= 4 is 29.6 Å². The van der Waals surface area contributed by atoms with Gasteiger partial charge in [-0.2, -0.15) is 10.1 Å². The summed E-state index contributed by atoms with van der Waals surface area (Å²) in [6.07, 6.45) is 5.20. The lowest BCUT2D eigenvalue weighted by atomic mass is 10.2. The number of nitrogens with zero attached hydrogens (tertiary/aromatic N) is 6. The van der Waals surface area contributed by atoms with Gasteiger partial charge in [0.2, 0.25) is 11.9 Å². The third-order valence-electron chi connectivity index (χ3n) is 4.91. The normalized spacial score (nSPS) is 16.9. The zero-order valence-electron chi connectivity index (χ0n) is 17.4. The largest absolute Gasteiger partial charge is 0.404 e. The van der Waals surface area contributed by atoms with Crippen molar-refractivity contribution < 1.29 is 4.79 Å². The number of aromatic nitrogens is 4. The van der Waals surface area contributed by atoms with Gasteiger partial charge in [0.1, 0.15) is 11.7 Å². The van der Waals surface area contributed by atoms with Crippen molar-refractivity contribution in [3.8, 4) is 0 Å². The van der Waals surface area contributed by atoms with E-state index in [2.05, 4.69) is 30.7 Å². The number of carbonyl (C=O) groups is 1. The first kappa shape index (κ1) is 20.3. The van der Waals surface area contributed by atoms with Gasteiger partial charge in [0.05, 0.1) is 17.9 Å². The number of aryl methyl sites for hydroxylation is 3. The van der Waals surface area contributed by atoms with Gasteiger partial charge < -0.3 is 21.3 Å². The minimum absolute atomic E-state index is 0.0687. The van der Waals surface area contributed by atoms with Gasteiger partial charge in [-0.3, -0.25) is 14.5 Å². The van der Waals surface area contributed by atoms with Crippen LogP contribution >= 0.6 is 0 Å². The Labute approximate surface area is 169 Å². The van der Waals surface area contributed by atoms with Crippen molar-refractivity contribution in [2.45, 2.75) is 33.4 Å². The molecular weight excluding hydrogens is 370 g/mol. The molecule has 0 aromatic carbocycles. The molecule has 1 atom stereocenters. The summed E-state index contributed by atoms with van der Waals surface area (Å²) in [7, 11) is 3.73. The summed E-state index contributed by atoms with van der Waals surface area (Å²) in [6, 6.07) is -0.299. The number of nitrogens with one attached hydrogen (secondary N) is 2. The van der Waals surface area contributed by atoms with Crippen molar-refractivity contribution in [3.63, 3.8) is 0 Å². The van der Waals surface area contributed by atoms with Gasteiger partial charge in [0.15, 0.2) is 5.82 Å². The van der Waals surface area contributed by atoms with Crippen LogP contribution in [0.4, 0.5) is 17.5 Å². The minimum atomic E-state index is -0.299. The van der Waals surface area contributed by atoms with Crippen molar-refractivity contribution in [1.82, 2.24) is 19.7 Å². The SMILES string of the molecule is Cc1nn(C)cc1CN=CC(=CN)CNc1nc(C)c2c(n1)N(C)[C@@H](C)C(=O)N2. The lowest BCUT2D eigenvalue weighted by Crippen LogP contribution is -2.44. The van der Waals surface area contributed by atoms with E-state index in [4.69, 9.17) is 5.73 Å². The Morgan fingerprint density at radius 1 is 1.34 bits per heavy atom. The van der Waals surface area contributed by atoms with Crippen LogP contribution in [-0.4, -0.2) is 51.5 Å². The van der Waals surface area contributed by atoms with Crippen molar-refractivity contribution in [2.75, 3.05) is 29.1 Å². The number of amides is 1. The molecule has 0 unspecified atom stereocenters. The average molecular weight is 397 g/mol. The van der Waals surface area contributed by atoms with E-state index in [1.54, 1.807) is 10.9 Å². The van der Waals surface area contributed by atoms with Crippen LogP contribution in [0.1, 0.15) is 23.9 Å². The zero-order chi connectivity index (χ0) is 21.1. The van der Waals surface area contributed by atoms with Crippen molar-refractivity contribution in [1.29, 1.82) is 0 Å².